The summed E-state index contributed by atoms with van der Waals surface area (Å²) in [5.74, 6) is 1.23. The van der Waals surface area contributed by atoms with Crippen LogP contribution in [0.25, 0.3) is 0 Å². The second kappa shape index (κ2) is 3.90. The van der Waals surface area contributed by atoms with Gasteiger partial charge in [0, 0.05) is 12.7 Å². The molecule has 1 N–H and O–H groups in total. The van der Waals surface area contributed by atoms with E-state index in [2.05, 4.69) is 23.3 Å². The van der Waals surface area contributed by atoms with Gasteiger partial charge in [-0.25, -0.2) is 4.98 Å². The van der Waals surface area contributed by atoms with Crippen LogP contribution in [0.1, 0.15) is 42.5 Å². The molecule has 3 nitrogen and oxygen atoms in total. The van der Waals surface area contributed by atoms with E-state index in [4.69, 9.17) is 5.26 Å². The Morgan fingerprint density at radius 3 is 3.07 bits per heavy atom. The molecule has 0 aliphatic heterocycles. The van der Waals surface area contributed by atoms with Gasteiger partial charge in [0.25, 0.3) is 0 Å². The first-order valence-corrected chi connectivity index (χ1v) is 5.38. The zero-order valence-electron chi connectivity index (χ0n) is 9.17. The number of pyridine rings is 1. The molecule has 0 saturated heterocycles. The SMILES string of the molecule is CNc1nc2c(cc1C#N)CCCC2C. The number of nitrogens with zero attached hydrogens (tertiary/aromatic N) is 2. The molecule has 0 spiro atoms. The van der Waals surface area contributed by atoms with Crippen LogP contribution in [0.2, 0.25) is 0 Å². The number of nitriles is 1. The van der Waals surface area contributed by atoms with Gasteiger partial charge in [0.15, 0.2) is 0 Å². The summed E-state index contributed by atoms with van der Waals surface area (Å²) in [7, 11) is 1.81. The molecule has 0 bridgehead atoms. The average Bonchev–Trinajstić information content (AvgIpc) is 2.28. The summed E-state index contributed by atoms with van der Waals surface area (Å²) in [6.07, 6.45) is 3.47. The van der Waals surface area contributed by atoms with Crippen molar-refractivity contribution in [3.63, 3.8) is 0 Å². The standard InChI is InChI=1S/C12H15N3/c1-8-4-3-5-9-6-10(7-13)12(14-2)15-11(8)9/h6,8H,3-5H2,1-2H3,(H,14,15). The lowest BCUT2D eigenvalue weighted by Crippen LogP contribution is -2.12. The summed E-state index contributed by atoms with van der Waals surface area (Å²) in [5.41, 5.74) is 3.08. The van der Waals surface area contributed by atoms with Crippen molar-refractivity contribution < 1.29 is 0 Å². The van der Waals surface area contributed by atoms with Crippen LogP contribution < -0.4 is 5.32 Å². The number of fused-ring (bicyclic) bond motifs is 1. The Balaban J connectivity index is 2.54. The first-order valence-electron chi connectivity index (χ1n) is 5.38. The Labute approximate surface area is 90.1 Å². The van der Waals surface area contributed by atoms with Gasteiger partial charge in [-0.05, 0) is 36.8 Å². The molecule has 1 unspecified atom stereocenters. The third kappa shape index (κ3) is 1.68. The van der Waals surface area contributed by atoms with Crippen LogP contribution in [-0.2, 0) is 6.42 Å². The van der Waals surface area contributed by atoms with E-state index in [1.165, 1.54) is 24.1 Å². The highest BCUT2D eigenvalue weighted by Crippen LogP contribution is 2.31. The van der Waals surface area contributed by atoms with Crippen molar-refractivity contribution in [1.82, 2.24) is 4.98 Å². The van der Waals surface area contributed by atoms with Gasteiger partial charge in [-0.2, -0.15) is 5.26 Å². The Kier molecular flexibility index (Phi) is 2.59. The maximum atomic E-state index is 8.99. The van der Waals surface area contributed by atoms with E-state index in [0.29, 0.717) is 17.3 Å². The predicted octanol–water partition coefficient (Wildman–Crippen LogP) is 2.43. The summed E-state index contributed by atoms with van der Waals surface area (Å²) in [6.45, 7) is 2.20. The van der Waals surface area contributed by atoms with Crippen molar-refractivity contribution in [1.29, 1.82) is 5.26 Å². The molecule has 1 aliphatic rings. The van der Waals surface area contributed by atoms with Crippen LogP contribution in [-0.4, -0.2) is 12.0 Å². The van der Waals surface area contributed by atoms with Gasteiger partial charge in [0.05, 0.1) is 5.56 Å². The highest BCUT2D eigenvalue weighted by molar-refractivity contribution is 5.54. The summed E-state index contributed by atoms with van der Waals surface area (Å²) in [4.78, 5) is 4.55. The van der Waals surface area contributed by atoms with Crippen molar-refractivity contribution in [3.8, 4) is 6.07 Å². The zero-order valence-corrected chi connectivity index (χ0v) is 9.17. The molecule has 0 amide bonds. The largest absolute Gasteiger partial charge is 0.372 e. The fourth-order valence-electron chi connectivity index (χ4n) is 2.21. The van der Waals surface area contributed by atoms with E-state index in [-0.39, 0.29) is 0 Å². The van der Waals surface area contributed by atoms with Crippen molar-refractivity contribution in [2.75, 3.05) is 12.4 Å². The van der Waals surface area contributed by atoms with E-state index in [0.717, 1.165) is 6.42 Å². The predicted molar refractivity (Wildman–Crippen MR) is 59.9 cm³/mol. The minimum absolute atomic E-state index is 0.522. The van der Waals surface area contributed by atoms with Gasteiger partial charge in [-0.3, -0.25) is 0 Å². The van der Waals surface area contributed by atoms with E-state index in [1.807, 2.05) is 13.1 Å². The average molecular weight is 201 g/mol. The van der Waals surface area contributed by atoms with E-state index in [9.17, 15) is 0 Å². The molecule has 1 heterocycles. The van der Waals surface area contributed by atoms with Crippen LogP contribution in [0.15, 0.2) is 6.07 Å². The number of hydrogen-bond acceptors (Lipinski definition) is 3. The first-order chi connectivity index (χ1) is 7.26. The molecule has 78 valence electrons. The number of aryl methyl sites for hydroxylation is 1. The molecule has 2 rings (SSSR count). The van der Waals surface area contributed by atoms with Crippen LogP contribution >= 0.6 is 0 Å². The number of anilines is 1. The highest BCUT2D eigenvalue weighted by Gasteiger charge is 2.19. The lowest BCUT2D eigenvalue weighted by molar-refractivity contribution is 0.574. The minimum atomic E-state index is 0.522. The fraction of sp³-hybridized carbons (Fsp3) is 0.500. The van der Waals surface area contributed by atoms with Gasteiger partial charge in [0.1, 0.15) is 11.9 Å². The molecule has 0 fully saturated rings. The third-order valence-electron chi connectivity index (χ3n) is 3.04. The molecular weight excluding hydrogens is 186 g/mol. The van der Waals surface area contributed by atoms with E-state index in [1.54, 1.807) is 0 Å². The molecule has 0 radical (unpaired) electrons. The van der Waals surface area contributed by atoms with Crippen molar-refractivity contribution in [2.45, 2.75) is 32.1 Å². The van der Waals surface area contributed by atoms with Gasteiger partial charge in [0.2, 0.25) is 0 Å². The maximum absolute atomic E-state index is 8.99. The minimum Gasteiger partial charge on any atom is -0.372 e. The normalized spacial score (nSPS) is 19.1. The Hall–Kier alpha value is -1.56. The summed E-state index contributed by atoms with van der Waals surface area (Å²) in [5, 5.41) is 12.0. The fourth-order valence-corrected chi connectivity index (χ4v) is 2.21. The summed E-state index contributed by atoms with van der Waals surface area (Å²) < 4.78 is 0. The Morgan fingerprint density at radius 2 is 2.40 bits per heavy atom. The molecule has 1 atom stereocenters. The smallest absolute Gasteiger partial charge is 0.143 e. The molecule has 15 heavy (non-hydrogen) atoms. The lowest BCUT2D eigenvalue weighted by atomic mass is 9.87. The second-order valence-corrected chi connectivity index (χ2v) is 4.08. The molecule has 1 aromatic heterocycles. The van der Waals surface area contributed by atoms with Gasteiger partial charge in [-0.1, -0.05) is 6.92 Å². The van der Waals surface area contributed by atoms with Crippen molar-refractivity contribution >= 4 is 5.82 Å². The second-order valence-electron chi connectivity index (χ2n) is 4.08. The van der Waals surface area contributed by atoms with E-state index < -0.39 is 0 Å². The van der Waals surface area contributed by atoms with Crippen LogP contribution in [0, 0.1) is 11.3 Å². The molecular formula is C12H15N3. The van der Waals surface area contributed by atoms with Crippen molar-refractivity contribution in [2.24, 2.45) is 0 Å². The highest BCUT2D eigenvalue weighted by atomic mass is 15.0. The molecule has 0 aromatic carbocycles. The van der Waals surface area contributed by atoms with Crippen LogP contribution in [0.3, 0.4) is 0 Å². The van der Waals surface area contributed by atoms with Gasteiger partial charge in [-0.15, -0.1) is 0 Å². The molecule has 3 heteroatoms. The Morgan fingerprint density at radius 1 is 1.60 bits per heavy atom. The molecule has 1 aliphatic carbocycles. The monoisotopic (exact) mass is 201 g/mol. The number of hydrogen-bond donors (Lipinski definition) is 1. The maximum Gasteiger partial charge on any atom is 0.143 e. The molecule has 1 aromatic rings. The first kappa shape index (κ1) is 9.97. The molecule has 0 saturated carbocycles. The summed E-state index contributed by atoms with van der Waals surface area (Å²) in [6, 6.07) is 4.18. The van der Waals surface area contributed by atoms with E-state index >= 15 is 0 Å². The zero-order chi connectivity index (χ0) is 10.8. The van der Waals surface area contributed by atoms with Crippen molar-refractivity contribution in [3.05, 3.63) is 22.9 Å². The van der Waals surface area contributed by atoms with Crippen LogP contribution in [0.5, 0.6) is 0 Å². The number of nitrogens with one attached hydrogen (secondary N) is 1. The van der Waals surface area contributed by atoms with Crippen LogP contribution in [0.4, 0.5) is 5.82 Å². The number of rotatable bonds is 1. The quantitative estimate of drug-likeness (QED) is 0.759. The van der Waals surface area contributed by atoms with Gasteiger partial charge >= 0.3 is 0 Å². The summed E-state index contributed by atoms with van der Waals surface area (Å²) >= 11 is 0. The topological polar surface area (TPSA) is 48.7 Å². The Bertz CT molecular complexity index is 418. The third-order valence-corrected chi connectivity index (χ3v) is 3.04. The number of aromatic nitrogens is 1. The lowest BCUT2D eigenvalue weighted by Gasteiger charge is -2.22. The van der Waals surface area contributed by atoms with Gasteiger partial charge < -0.3 is 5.32 Å².